The highest BCUT2D eigenvalue weighted by Crippen LogP contribution is 2.29. The first-order valence-electron chi connectivity index (χ1n) is 13.9. The molecule has 10 nitrogen and oxygen atoms in total. The van der Waals surface area contributed by atoms with Crippen molar-refractivity contribution in [2.45, 2.75) is 38.6 Å². The number of methoxy groups -OCH3 is 1. The maximum atomic E-state index is 14.0. The molecular formula is C32H35N5O5. The number of ketones is 1. The Kier molecular flexibility index (Phi) is 8.53. The van der Waals surface area contributed by atoms with Crippen molar-refractivity contribution in [2.24, 2.45) is 0 Å². The number of rotatable bonds is 8. The monoisotopic (exact) mass is 569 g/mol. The number of amides is 4. The van der Waals surface area contributed by atoms with Crippen LogP contribution in [-0.2, 0) is 29.1 Å². The summed E-state index contributed by atoms with van der Waals surface area (Å²) in [5.41, 5.74) is 3.24. The number of likely N-dealkylation sites (N-methyl/N-ethyl adjacent to an activating group) is 1. The Balaban J connectivity index is 1.45. The summed E-state index contributed by atoms with van der Waals surface area (Å²) in [5.74, 6) is 0.243. The predicted molar refractivity (Wildman–Crippen MR) is 156 cm³/mol. The van der Waals surface area contributed by atoms with Crippen LogP contribution in [0.1, 0.15) is 34.0 Å². The average molecular weight is 570 g/mol. The number of urea groups is 1. The number of hydrogen-bond acceptors (Lipinski definition) is 6. The normalized spacial score (nSPS) is 19.0. The van der Waals surface area contributed by atoms with Crippen molar-refractivity contribution in [1.82, 2.24) is 25.1 Å². The number of fused-ring (bicyclic) bond motifs is 1. The van der Waals surface area contributed by atoms with Crippen LogP contribution in [0, 0.1) is 0 Å². The van der Waals surface area contributed by atoms with Gasteiger partial charge in [0.05, 0.1) is 20.2 Å². The Morgan fingerprint density at radius 1 is 0.905 bits per heavy atom. The maximum absolute atomic E-state index is 14.0. The second-order valence-corrected chi connectivity index (χ2v) is 10.6. The molecule has 2 atom stereocenters. The molecule has 0 radical (unpaired) electrons. The van der Waals surface area contributed by atoms with E-state index in [2.05, 4.69) is 5.32 Å². The summed E-state index contributed by atoms with van der Waals surface area (Å²) in [7, 11) is 3.30. The molecule has 1 unspecified atom stereocenters. The fourth-order valence-corrected chi connectivity index (χ4v) is 5.55. The number of hydrazine groups is 1. The van der Waals surface area contributed by atoms with E-state index in [0.717, 1.165) is 16.7 Å². The molecule has 218 valence electrons. The summed E-state index contributed by atoms with van der Waals surface area (Å²) in [4.78, 5) is 56.2. The first kappa shape index (κ1) is 28.8. The Morgan fingerprint density at radius 3 is 2.21 bits per heavy atom. The van der Waals surface area contributed by atoms with E-state index in [0.29, 0.717) is 24.4 Å². The summed E-state index contributed by atoms with van der Waals surface area (Å²) in [6.07, 6.45) is -0.453. The van der Waals surface area contributed by atoms with Crippen LogP contribution < -0.4 is 10.1 Å². The van der Waals surface area contributed by atoms with Crippen molar-refractivity contribution in [3.63, 3.8) is 0 Å². The molecule has 0 aromatic heterocycles. The zero-order chi connectivity index (χ0) is 29.8. The van der Waals surface area contributed by atoms with E-state index >= 15 is 0 Å². The molecule has 0 saturated carbocycles. The van der Waals surface area contributed by atoms with Crippen molar-refractivity contribution in [3.8, 4) is 5.75 Å². The van der Waals surface area contributed by atoms with E-state index in [9.17, 15) is 19.2 Å². The highest BCUT2D eigenvalue weighted by molar-refractivity contribution is 5.94. The van der Waals surface area contributed by atoms with E-state index in [1.807, 2.05) is 66.7 Å². The summed E-state index contributed by atoms with van der Waals surface area (Å²) in [6.45, 7) is 2.25. The standard InChI is InChI=1S/C32H35N5O5/c1-22(38)26-13-9-23(10-14-26)17-28-31(40)35(19-25-11-15-27(42-3)16-12-25)20-29-36(28)30(39)21-34(2)37(29)32(41)33-18-24-7-5-4-6-8-24/h4-16,28-29H,17-21H2,1-3H3,(H,33,41)/t28-,29?/m0/s1. The minimum absolute atomic E-state index is 0.0409. The van der Waals surface area contributed by atoms with Gasteiger partial charge in [-0.1, -0.05) is 66.7 Å². The number of piperazine rings is 1. The molecule has 3 aromatic rings. The molecule has 2 heterocycles. The molecule has 2 saturated heterocycles. The Labute approximate surface area is 245 Å². The van der Waals surface area contributed by atoms with Gasteiger partial charge in [-0.15, -0.1) is 0 Å². The molecule has 42 heavy (non-hydrogen) atoms. The molecule has 2 aliphatic rings. The van der Waals surface area contributed by atoms with Crippen molar-refractivity contribution in [1.29, 1.82) is 0 Å². The van der Waals surface area contributed by atoms with Crippen LogP contribution in [0.3, 0.4) is 0 Å². The Bertz CT molecular complexity index is 1440. The molecule has 10 heteroatoms. The fraction of sp³-hybridized carbons (Fsp3) is 0.312. The first-order chi connectivity index (χ1) is 20.2. The van der Waals surface area contributed by atoms with Gasteiger partial charge in [-0.25, -0.2) is 14.8 Å². The minimum atomic E-state index is -0.823. The van der Waals surface area contributed by atoms with E-state index in [4.69, 9.17) is 4.74 Å². The second kappa shape index (κ2) is 12.4. The Hall–Kier alpha value is -4.70. The third-order valence-corrected chi connectivity index (χ3v) is 7.76. The smallest absolute Gasteiger partial charge is 0.334 e. The number of Topliss-reactive ketones (excluding diaryl/α,β-unsaturated/α-hetero) is 1. The van der Waals surface area contributed by atoms with Crippen molar-refractivity contribution >= 4 is 23.6 Å². The van der Waals surface area contributed by atoms with E-state index < -0.39 is 12.2 Å². The van der Waals surface area contributed by atoms with Gasteiger partial charge in [0.25, 0.3) is 0 Å². The molecule has 0 aliphatic carbocycles. The molecule has 5 rings (SSSR count). The van der Waals surface area contributed by atoms with Gasteiger partial charge in [0.15, 0.2) is 5.78 Å². The Morgan fingerprint density at radius 2 is 1.57 bits per heavy atom. The second-order valence-electron chi connectivity index (χ2n) is 10.6. The molecule has 3 aromatic carbocycles. The zero-order valence-electron chi connectivity index (χ0n) is 24.0. The van der Waals surface area contributed by atoms with Gasteiger partial charge in [0, 0.05) is 32.1 Å². The highest BCUT2D eigenvalue weighted by Gasteiger charge is 2.50. The third kappa shape index (κ3) is 6.13. The lowest BCUT2D eigenvalue weighted by atomic mass is 9.97. The molecule has 2 aliphatic heterocycles. The predicted octanol–water partition coefficient (Wildman–Crippen LogP) is 3.08. The van der Waals surface area contributed by atoms with Gasteiger partial charge in [0.2, 0.25) is 11.8 Å². The topological polar surface area (TPSA) is 102 Å². The number of nitrogens with one attached hydrogen (secondary N) is 1. The van der Waals surface area contributed by atoms with Crippen LogP contribution in [0.5, 0.6) is 5.75 Å². The van der Waals surface area contributed by atoms with Gasteiger partial charge in [-0.2, -0.15) is 0 Å². The number of nitrogens with zero attached hydrogens (tertiary/aromatic N) is 4. The third-order valence-electron chi connectivity index (χ3n) is 7.76. The number of ether oxygens (including phenoxy) is 1. The minimum Gasteiger partial charge on any atom is -0.497 e. The zero-order valence-corrected chi connectivity index (χ0v) is 24.0. The van der Waals surface area contributed by atoms with E-state index in [1.54, 1.807) is 46.1 Å². The number of benzene rings is 3. The van der Waals surface area contributed by atoms with Crippen molar-refractivity contribution in [3.05, 3.63) is 101 Å². The number of carbonyl (C=O) groups is 4. The van der Waals surface area contributed by atoms with E-state index in [1.165, 1.54) is 6.92 Å². The van der Waals surface area contributed by atoms with Gasteiger partial charge in [0.1, 0.15) is 18.0 Å². The largest absolute Gasteiger partial charge is 0.497 e. The lowest BCUT2D eigenvalue weighted by Crippen LogP contribution is -2.76. The average Bonchev–Trinajstić information content (AvgIpc) is 2.99. The quantitative estimate of drug-likeness (QED) is 0.419. The number of carbonyl (C=O) groups excluding carboxylic acids is 4. The lowest BCUT2D eigenvalue weighted by molar-refractivity contribution is -0.187. The van der Waals surface area contributed by atoms with Crippen LogP contribution in [0.15, 0.2) is 78.9 Å². The summed E-state index contributed by atoms with van der Waals surface area (Å²) in [6, 6.07) is 23.0. The van der Waals surface area contributed by atoms with Crippen molar-refractivity contribution in [2.75, 3.05) is 27.2 Å². The van der Waals surface area contributed by atoms with Gasteiger partial charge in [-0.3, -0.25) is 14.4 Å². The van der Waals surface area contributed by atoms with Crippen LogP contribution in [0.2, 0.25) is 0 Å². The summed E-state index contributed by atoms with van der Waals surface area (Å²) >= 11 is 0. The highest BCUT2D eigenvalue weighted by atomic mass is 16.5. The van der Waals surface area contributed by atoms with Gasteiger partial charge < -0.3 is 19.9 Å². The van der Waals surface area contributed by atoms with Gasteiger partial charge in [-0.05, 0) is 35.7 Å². The van der Waals surface area contributed by atoms with Crippen molar-refractivity contribution < 1.29 is 23.9 Å². The first-order valence-corrected chi connectivity index (χ1v) is 13.9. The van der Waals surface area contributed by atoms with Crippen LogP contribution in [0.4, 0.5) is 4.79 Å². The SMILES string of the molecule is COc1ccc(CN2CC3N(C(=O)CN(C)N3C(=O)NCc3ccccc3)[C@@H](Cc3ccc(C(C)=O)cc3)C2=O)cc1. The van der Waals surface area contributed by atoms with Crippen LogP contribution >= 0.6 is 0 Å². The van der Waals surface area contributed by atoms with Gasteiger partial charge >= 0.3 is 6.03 Å². The molecular weight excluding hydrogens is 534 g/mol. The van der Waals surface area contributed by atoms with Crippen LogP contribution in [-0.4, -0.2) is 82.9 Å². The lowest BCUT2D eigenvalue weighted by Gasteiger charge is -2.54. The molecule has 4 amide bonds. The number of hydrogen-bond donors (Lipinski definition) is 1. The fourth-order valence-electron chi connectivity index (χ4n) is 5.55. The van der Waals surface area contributed by atoms with E-state index in [-0.39, 0.29) is 43.1 Å². The summed E-state index contributed by atoms with van der Waals surface area (Å²) in [5, 5.41) is 6.14. The molecule has 0 bridgehead atoms. The molecule has 1 N–H and O–H groups in total. The maximum Gasteiger partial charge on any atom is 0.334 e. The summed E-state index contributed by atoms with van der Waals surface area (Å²) < 4.78 is 5.27. The molecule has 0 spiro atoms. The molecule has 2 fully saturated rings. The van der Waals surface area contributed by atoms with Crippen LogP contribution in [0.25, 0.3) is 0 Å².